The van der Waals surface area contributed by atoms with Crippen LogP contribution in [0.15, 0.2) is 30.5 Å². The van der Waals surface area contributed by atoms with Gasteiger partial charge in [-0.2, -0.15) is 0 Å². The van der Waals surface area contributed by atoms with E-state index in [1.54, 1.807) is 0 Å². The first-order valence-electron chi connectivity index (χ1n) is 12.5. The van der Waals surface area contributed by atoms with E-state index < -0.39 is 5.60 Å². The number of fused-ring (bicyclic) bond motifs is 3. The van der Waals surface area contributed by atoms with E-state index in [4.69, 9.17) is 9.72 Å². The average molecular weight is 460 g/mol. The molecule has 1 aliphatic heterocycles. The van der Waals surface area contributed by atoms with Crippen LogP contribution in [0.5, 0.6) is 0 Å². The molecular weight excluding hydrogens is 426 g/mol. The zero-order chi connectivity index (χ0) is 23.6. The third kappa shape index (κ3) is 3.36. The second-order valence-electron chi connectivity index (χ2n) is 10.5. The maximum atomic E-state index is 11.3. The smallest absolute Gasteiger partial charge is 0.0960 e. The van der Waals surface area contributed by atoms with E-state index in [1.807, 2.05) is 31.8 Å². The number of hydrogen-bond acceptors (Lipinski definition) is 5. The molecule has 7 heteroatoms. The Kier molecular flexibility index (Phi) is 5.04. The number of benzene rings is 1. The molecule has 1 saturated heterocycles. The van der Waals surface area contributed by atoms with E-state index in [9.17, 15) is 5.11 Å². The standard InChI is InChI=1S/C27H33N5O2/c1-16-26(31(4)30-29-16)19-13-24-25(28-15-19)22-8-7-21(27(3,33)20-5-6-20)14-23(22)32(24)17(2)18-9-11-34-12-10-18/h7-8,13-15,17-18,20,33H,5-6,9-12H2,1-4H3/t17-,27?/m1/s1. The SMILES string of the molecule is Cc1nnn(C)c1-c1cnc2c3ccc(C(C)(O)C4CC4)cc3n([C@H](C)C3CCOCC3)c2c1. The first-order chi connectivity index (χ1) is 16.4. The second-order valence-corrected chi connectivity index (χ2v) is 10.5. The normalized spacial score (nSPS) is 20.1. The molecule has 0 spiro atoms. The molecule has 6 rings (SSSR count). The third-order valence-corrected chi connectivity index (χ3v) is 8.22. The van der Waals surface area contributed by atoms with Crippen LogP contribution in [0.25, 0.3) is 33.2 Å². The summed E-state index contributed by atoms with van der Waals surface area (Å²) in [4.78, 5) is 4.96. The van der Waals surface area contributed by atoms with Gasteiger partial charge in [0, 0.05) is 43.4 Å². The molecule has 0 bridgehead atoms. The molecular formula is C27H33N5O2. The topological polar surface area (TPSA) is 78.0 Å². The first kappa shape index (κ1) is 21.7. The van der Waals surface area contributed by atoms with Crippen molar-refractivity contribution in [1.82, 2.24) is 24.5 Å². The van der Waals surface area contributed by atoms with Crippen LogP contribution in [0.1, 0.15) is 56.8 Å². The molecule has 178 valence electrons. The predicted molar refractivity (Wildman–Crippen MR) is 133 cm³/mol. The lowest BCUT2D eigenvalue weighted by molar-refractivity contribution is 0.0331. The van der Waals surface area contributed by atoms with Gasteiger partial charge in [0.2, 0.25) is 0 Å². The number of rotatable bonds is 5. The highest BCUT2D eigenvalue weighted by Gasteiger charge is 2.41. The van der Waals surface area contributed by atoms with E-state index in [-0.39, 0.29) is 6.04 Å². The van der Waals surface area contributed by atoms with E-state index in [2.05, 4.69) is 46.1 Å². The highest BCUT2D eigenvalue weighted by atomic mass is 16.5. The van der Waals surface area contributed by atoms with Crippen molar-refractivity contribution in [3.05, 3.63) is 41.7 Å². The molecule has 2 atom stereocenters. The summed E-state index contributed by atoms with van der Waals surface area (Å²) in [6, 6.07) is 8.98. The second kappa shape index (κ2) is 7.89. The highest BCUT2D eigenvalue weighted by Crippen LogP contribution is 2.47. The molecule has 2 aliphatic rings. The van der Waals surface area contributed by atoms with Crippen LogP contribution in [0.2, 0.25) is 0 Å². The van der Waals surface area contributed by atoms with E-state index in [0.717, 1.165) is 83.3 Å². The Balaban J connectivity index is 1.59. The summed E-state index contributed by atoms with van der Waals surface area (Å²) >= 11 is 0. The van der Waals surface area contributed by atoms with Crippen LogP contribution in [-0.2, 0) is 17.4 Å². The number of pyridine rings is 1. The average Bonchev–Trinajstić information content (AvgIpc) is 3.59. The number of ether oxygens (including phenoxy) is 1. The molecule has 7 nitrogen and oxygen atoms in total. The van der Waals surface area contributed by atoms with Crippen molar-refractivity contribution in [3.8, 4) is 11.3 Å². The quantitative estimate of drug-likeness (QED) is 0.459. The van der Waals surface area contributed by atoms with Gasteiger partial charge in [0.05, 0.1) is 33.5 Å². The maximum absolute atomic E-state index is 11.3. The van der Waals surface area contributed by atoms with E-state index >= 15 is 0 Å². The van der Waals surface area contributed by atoms with Gasteiger partial charge < -0.3 is 14.4 Å². The molecule has 0 amide bonds. The third-order valence-electron chi connectivity index (χ3n) is 8.22. The number of hydrogen-bond donors (Lipinski definition) is 1. The molecule has 3 aromatic heterocycles. The summed E-state index contributed by atoms with van der Waals surface area (Å²) in [5.41, 5.74) is 6.38. The van der Waals surface area contributed by atoms with Gasteiger partial charge in [0.25, 0.3) is 0 Å². The molecule has 1 aliphatic carbocycles. The van der Waals surface area contributed by atoms with Gasteiger partial charge in [0.15, 0.2) is 0 Å². The Bertz CT molecular complexity index is 1360. The molecule has 34 heavy (non-hydrogen) atoms. The van der Waals surface area contributed by atoms with Gasteiger partial charge in [-0.05, 0) is 76.0 Å². The lowest BCUT2D eigenvalue weighted by atomic mass is 9.90. The van der Waals surface area contributed by atoms with Crippen molar-refractivity contribution >= 4 is 21.9 Å². The van der Waals surface area contributed by atoms with Gasteiger partial charge in [-0.1, -0.05) is 17.3 Å². The number of aromatic nitrogens is 5. The van der Waals surface area contributed by atoms with Crippen LogP contribution < -0.4 is 0 Å². The summed E-state index contributed by atoms with van der Waals surface area (Å²) in [6.45, 7) is 7.91. The fourth-order valence-corrected chi connectivity index (χ4v) is 5.93. The largest absolute Gasteiger partial charge is 0.385 e. The Morgan fingerprint density at radius 3 is 2.56 bits per heavy atom. The van der Waals surface area contributed by atoms with Crippen molar-refractivity contribution in [1.29, 1.82) is 0 Å². The highest BCUT2D eigenvalue weighted by molar-refractivity contribution is 6.07. The maximum Gasteiger partial charge on any atom is 0.0960 e. The Labute approximate surface area is 199 Å². The van der Waals surface area contributed by atoms with Crippen LogP contribution >= 0.6 is 0 Å². The summed E-state index contributed by atoms with van der Waals surface area (Å²) in [7, 11) is 1.92. The zero-order valence-corrected chi connectivity index (χ0v) is 20.5. The number of aliphatic hydroxyl groups is 1. The Morgan fingerprint density at radius 1 is 1.12 bits per heavy atom. The predicted octanol–water partition coefficient (Wildman–Crippen LogP) is 4.90. The molecule has 1 saturated carbocycles. The van der Waals surface area contributed by atoms with Crippen LogP contribution in [0.3, 0.4) is 0 Å². The molecule has 1 aromatic carbocycles. The molecule has 0 radical (unpaired) electrons. The van der Waals surface area contributed by atoms with Gasteiger partial charge in [-0.15, -0.1) is 5.10 Å². The lowest BCUT2D eigenvalue weighted by Crippen LogP contribution is -2.25. The van der Waals surface area contributed by atoms with Gasteiger partial charge >= 0.3 is 0 Å². The van der Waals surface area contributed by atoms with E-state index in [0.29, 0.717) is 11.8 Å². The van der Waals surface area contributed by atoms with Gasteiger partial charge in [-0.25, -0.2) is 4.68 Å². The molecule has 4 aromatic rings. The summed E-state index contributed by atoms with van der Waals surface area (Å²) in [6.07, 6.45) is 6.23. The fourth-order valence-electron chi connectivity index (χ4n) is 5.93. The monoisotopic (exact) mass is 459 g/mol. The molecule has 2 fully saturated rings. The van der Waals surface area contributed by atoms with Crippen molar-refractivity contribution in [2.75, 3.05) is 13.2 Å². The Hall–Kier alpha value is -2.77. The molecule has 1 N–H and O–H groups in total. The van der Waals surface area contributed by atoms with Crippen LogP contribution in [-0.4, -0.2) is 42.9 Å². The Morgan fingerprint density at radius 2 is 1.88 bits per heavy atom. The minimum atomic E-state index is -0.798. The van der Waals surface area contributed by atoms with Crippen molar-refractivity contribution < 1.29 is 9.84 Å². The minimum Gasteiger partial charge on any atom is -0.385 e. The van der Waals surface area contributed by atoms with Crippen LogP contribution in [0.4, 0.5) is 0 Å². The number of nitrogens with zero attached hydrogens (tertiary/aromatic N) is 5. The zero-order valence-electron chi connectivity index (χ0n) is 20.5. The minimum absolute atomic E-state index is 0.285. The van der Waals surface area contributed by atoms with Crippen molar-refractivity contribution in [2.45, 2.75) is 58.1 Å². The summed E-state index contributed by atoms with van der Waals surface area (Å²) in [5.74, 6) is 0.879. The molecule has 4 heterocycles. The summed E-state index contributed by atoms with van der Waals surface area (Å²) in [5, 5.41) is 20.9. The first-order valence-corrected chi connectivity index (χ1v) is 12.5. The van der Waals surface area contributed by atoms with Crippen molar-refractivity contribution in [3.63, 3.8) is 0 Å². The van der Waals surface area contributed by atoms with Crippen molar-refractivity contribution in [2.24, 2.45) is 18.9 Å². The number of aryl methyl sites for hydroxylation is 2. The van der Waals surface area contributed by atoms with Gasteiger partial charge in [0.1, 0.15) is 0 Å². The summed E-state index contributed by atoms with van der Waals surface area (Å²) < 4.78 is 9.94. The fraction of sp³-hybridized carbons (Fsp3) is 0.519. The lowest BCUT2D eigenvalue weighted by Gasteiger charge is -2.30. The van der Waals surface area contributed by atoms with Crippen LogP contribution in [0, 0.1) is 18.8 Å². The van der Waals surface area contributed by atoms with E-state index in [1.165, 1.54) is 0 Å². The molecule has 1 unspecified atom stereocenters. The van der Waals surface area contributed by atoms with Gasteiger partial charge in [-0.3, -0.25) is 4.98 Å².